The Morgan fingerprint density at radius 1 is 0.857 bits per heavy atom. The minimum Gasteiger partial charge on any atom is -0.388 e. The number of benzene rings is 3. The van der Waals surface area contributed by atoms with Crippen molar-refractivity contribution in [2.75, 3.05) is 32.6 Å². The molecule has 28 heavy (non-hydrogen) atoms. The lowest BCUT2D eigenvalue weighted by molar-refractivity contribution is 0.160. The maximum Gasteiger partial charge on any atom is 0.243 e. The van der Waals surface area contributed by atoms with Crippen molar-refractivity contribution in [1.29, 1.82) is 0 Å². The molecule has 0 radical (unpaired) electrons. The fourth-order valence-electron chi connectivity index (χ4n) is 3.31. The van der Waals surface area contributed by atoms with Crippen LogP contribution in [0.15, 0.2) is 71.6 Å². The van der Waals surface area contributed by atoms with Gasteiger partial charge in [-0.2, -0.15) is 0 Å². The second-order valence-corrected chi connectivity index (χ2v) is 9.08. The Bertz CT molecular complexity index is 1050. The summed E-state index contributed by atoms with van der Waals surface area (Å²) in [6.45, 7) is 0.224. The highest BCUT2D eigenvalue weighted by Crippen LogP contribution is 2.31. The van der Waals surface area contributed by atoms with Gasteiger partial charge in [-0.15, -0.1) is 0 Å². The minimum absolute atomic E-state index is 0.224. The number of fused-ring (bicyclic) bond motifs is 1. The number of hydrogen-bond donors (Lipinski definition) is 1. The van der Waals surface area contributed by atoms with Gasteiger partial charge in [0.15, 0.2) is 0 Å². The molecule has 0 saturated carbocycles. The number of hydrogen-bond acceptors (Lipinski definition) is 4. The molecule has 0 aliphatic rings. The third-order valence-corrected chi connectivity index (χ3v) is 6.85. The zero-order chi connectivity index (χ0) is 20.3. The van der Waals surface area contributed by atoms with E-state index >= 15 is 0 Å². The summed E-state index contributed by atoms with van der Waals surface area (Å²) in [6, 6.07) is 20.3. The Balaban J connectivity index is 1.87. The topological polar surface area (TPSA) is 60.9 Å². The second-order valence-electron chi connectivity index (χ2n) is 7.06. The molecule has 1 atom stereocenters. The summed E-state index contributed by atoms with van der Waals surface area (Å²) in [5, 5.41) is 11.9. The molecule has 3 rings (SSSR count). The summed E-state index contributed by atoms with van der Waals surface area (Å²) in [5.41, 5.74) is 1.76. The lowest BCUT2D eigenvalue weighted by Gasteiger charge is -2.21. The van der Waals surface area contributed by atoms with E-state index in [9.17, 15) is 13.5 Å². The van der Waals surface area contributed by atoms with E-state index in [1.165, 1.54) is 4.31 Å². The molecule has 1 unspecified atom stereocenters. The Kier molecular flexibility index (Phi) is 6.03. The molecule has 0 saturated heterocycles. The van der Waals surface area contributed by atoms with Gasteiger partial charge in [-0.25, -0.2) is 12.7 Å². The summed E-state index contributed by atoms with van der Waals surface area (Å²) in [5.74, 6) is 0. The molecule has 0 fully saturated rings. The zero-order valence-electron chi connectivity index (χ0n) is 16.4. The van der Waals surface area contributed by atoms with E-state index in [1.54, 1.807) is 19.2 Å². The maximum atomic E-state index is 13.2. The van der Waals surface area contributed by atoms with Crippen molar-refractivity contribution < 1.29 is 13.5 Å². The summed E-state index contributed by atoms with van der Waals surface area (Å²) in [7, 11) is 1.75. The molecule has 1 N–H and O–H groups in total. The molecule has 5 nitrogen and oxygen atoms in total. The van der Waals surface area contributed by atoms with Crippen LogP contribution in [0.3, 0.4) is 0 Å². The Hall–Kier alpha value is -2.41. The predicted octanol–water partition coefficient (Wildman–Crippen LogP) is 3.65. The van der Waals surface area contributed by atoms with Crippen molar-refractivity contribution in [2.45, 2.75) is 17.4 Å². The Morgan fingerprint density at radius 2 is 1.50 bits per heavy atom. The van der Waals surface area contributed by atoms with Crippen LogP contribution >= 0.6 is 0 Å². The first kappa shape index (κ1) is 20.3. The fourth-order valence-corrected chi connectivity index (χ4v) is 4.70. The Labute approximate surface area is 166 Å². The standard InChI is InChI=1S/C22H26N2O3S/c1-23(2)20-13-7-12-19-18(20)11-8-14-22(19)28(26,27)24(3)16-15-21(25)17-9-5-4-6-10-17/h4-14,21,25H,15-16H2,1-3H3. The van der Waals surface area contributed by atoms with Crippen LogP contribution in [-0.4, -0.2) is 45.5 Å². The normalized spacial score (nSPS) is 13.0. The molecule has 0 aliphatic heterocycles. The van der Waals surface area contributed by atoms with Gasteiger partial charge in [0, 0.05) is 44.1 Å². The van der Waals surface area contributed by atoms with Crippen LogP contribution in [0.2, 0.25) is 0 Å². The van der Waals surface area contributed by atoms with Gasteiger partial charge >= 0.3 is 0 Å². The van der Waals surface area contributed by atoms with E-state index in [0.29, 0.717) is 11.8 Å². The van der Waals surface area contributed by atoms with E-state index in [-0.39, 0.29) is 11.4 Å². The second kappa shape index (κ2) is 8.31. The Morgan fingerprint density at radius 3 is 2.18 bits per heavy atom. The largest absolute Gasteiger partial charge is 0.388 e. The van der Waals surface area contributed by atoms with Crippen LogP contribution in [0.4, 0.5) is 5.69 Å². The van der Waals surface area contributed by atoms with Crippen LogP contribution in [0.25, 0.3) is 10.8 Å². The molecule has 3 aromatic carbocycles. The third kappa shape index (κ3) is 4.04. The molecule has 6 heteroatoms. The first-order valence-corrected chi connectivity index (χ1v) is 10.6. The number of nitrogens with zero attached hydrogens (tertiary/aromatic N) is 2. The fraction of sp³-hybridized carbons (Fsp3) is 0.273. The first-order chi connectivity index (χ1) is 13.3. The van der Waals surface area contributed by atoms with Gasteiger partial charge in [0.2, 0.25) is 10.0 Å². The monoisotopic (exact) mass is 398 g/mol. The molecule has 0 spiro atoms. The number of anilines is 1. The maximum absolute atomic E-state index is 13.2. The van der Waals surface area contributed by atoms with Crippen molar-refractivity contribution in [3.8, 4) is 0 Å². The quantitative estimate of drug-likeness (QED) is 0.660. The van der Waals surface area contributed by atoms with Gasteiger partial charge in [0.05, 0.1) is 11.0 Å². The van der Waals surface area contributed by atoms with Gasteiger partial charge in [-0.3, -0.25) is 0 Å². The SMILES string of the molecule is CN(C)c1cccc2c(S(=O)(=O)N(C)CCC(O)c3ccccc3)cccc12. The molecule has 0 amide bonds. The van der Waals surface area contributed by atoms with E-state index < -0.39 is 16.1 Å². The van der Waals surface area contributed by atoms with Crippen molar-refractivity contribution in [1.82, 2.24) is 4.31 Å². The molecule has 0 aliphatic carbocycles. The van der Waals surface area contributed by atoms with Crippen molar-refractivity contribution in [3.63, 3.8) is 0 Å². The van der Waals surface area contributed by atoms with E-state index in [2.05, 4.69) is 0 Å². The predicted molar refractivity (Wildman–Crippen MR) is 114 cm³/mol. The zero-order valence-corrected chi connectivity index (χ0v) is 17.2. The van der Waals surface area contributed by atoms with Gasteiger partial charge in [-0.05, 0) is 24.1 Å². The van der Waals surface area contributed by atoms with Crippen LogP contribution in [0.5, 0.6) is 0 Å². The highest BCUT2D eigenvalue weighted by atomic mass is 32.2. The van der Waals surface area contributed by atoms with Crippen molar-refractivity contribution in [2.24, 2.45) is 0 Å². The van der Waals surface area contributed by atoms with Gasteiger partial charge in [0.1, 0.15) is 0 Å². The smallest absolute Gasteiger partial charge is 0.243 e. The van der Waals surface area contributed by atoms with E-state index in [1.807, 2.05) is 73.6 Å². The van der Waals surface area contributed by atoms with Gasteiger partial charge < -0.3 is 10.0 Å². The highest BCUT2D eigenvalue weighted by molar-refractivity contribution is 7.89. The average molecular weight is 399 g/mol. The van der Waals surface area contributed by atoms with Gasteiger partial charge in [-0.1, -0.05) is 54.6 Å². The number of aliphatic hydroxyl groups is 1. The number of rotatable bonds is 7. The highest BCUT2D eigenvalue weighted by Gasteiger charge is 2.24. The van der Waals surface area contributed by atoms with Crippen LogP contribution in [0, 0.1) is 0 Å². The van der Waals surface area contributed by atoms with Crippen molar-refractivity contribution >= 4 is 26.5 Å². The molecule has 0 bridgehead atoms. The summed E-state index contributed by atoms with van der Waals surface area (Å²) in [6.07, 6.45) is -0.375. The van der Waals surface area contributed by atoms with Crippen LogP contribution < -0.4 is 4.90 Å². The molecule has 3 aromatic rings. The third-order valence-electron chi connectivity index (χ3n) is 4.93. The summed E-state index contributed by atoms with van der Waals surface area (Å²) in [4.78, 5) is 2.25. The lowest BCUT2D eigenvalue weighted by atomic mass is 10.1. The van der Waals surface area contributed by atoms with Crippen LogP contribution in [0.1, 0.15) is 18.1 Å². The van der Waals surface area contributed by atoms with E-state index in [4.69, 9.17) is 0 Å². The molecular weight excluding hydrogens is 372 g/mol. The lowest BCUT2D eigenvalue weighted by Crippen LogP contribution is -2.29. The molecule has 0 aromatic heterocycles. The van der Waals surface area contributed by atoms with E-state index in [0.717, 1.165) is 16.6 Å². The van der Waals surface area contributed by atoms with Gasteiger partial charge in [0.25, 0.3) is 0 Å². The number of sulfonamides is 1. The molecule has 0 heterocycles. The minimum atomic E-state index is -3.68. The van der Waals surface area contributed by atoms with Crippen molar-refractivity contribution in [3.05, 3.63) is 72.3 Å². The average Bonchev–Trinajstić information content (AvgIpc) is 2.71. The molecule has 148 valence electrons. The number of aliphatic hydroxyl groups excluding tert-OH is 1. The first-order valence-electron chi connectivity index (χ1n) is 9.21. The van der Waals surface area contributed by atoms with Crippen LogP contribution in [-0.2, 0) is 10.0 Å². The summed E-state index contributed by atoms with van der Waals surface area (Å²) < 4.78 is 27.7. The molecular formula is C22H26N2O3S. The summed E-state index contributed by atoms with van der Waals surface area (Å²) >= 11 is 0.